The Kier molecular flexibility index (Phi) is 3.06. The van der Waals surface area contributed by atoms with E-state index in [1.54, 1.807) is 13.2 Å². The normalized spacial score (nSPS) is 10.2. The number of hydrogen-bond donors (Lipinski definition) is 0. The summed E-state index contributed by atoms with van der Waals surface area (Å²) < 4.78 is 5.15. The lowest BCUT2D eigenvalue weighted by molar-refractivity contribution is 0.415. The van der Waals surface area contributed by atoms with Crippen LogP contribution in [0.3, 0.4) is 0 Å². The van der Waals surface area contributed by atoms with Crippen molar-refractivity contribution in [3.63, 3.8) is 0 Å². The van der Waals surface area contributed by atoms with Crippen LogP contribution in [0.4, 0.5) is 0 Å². The first-order valence-corrected chi connectivity index (χ1v) is 6.25. The minimum Gasteiger partial charge on any atom is -0.497 e. The van der Waals surface area contributed by atoms with Crippen LogP contribution in [0, 0.1) is 11.3 Å². The van der Waals surface area contributed by atoms with Crippen molar-refractivity contribution in [1.29, 1.82) is 5.26 Å². The molecular weight excluding hydrogens is 248 g/mol. The van der Waals surface area contributed by atoms with Gasteiger partial charge in [-0.3, -0.25) is 0 Å². The molecule has 96 valence electrons. The van der Waals surface area contributed by atoms with Gasteiger partial charge in [-0.05, 0) is 48.5 Å². The highest BCUT2D eigenvalue weighted by molar-refractivity contribution is 5.82. The van der Waals surface area contributed by atoms with Gasteiger partial charge in [-0.15, -0.1) is 0 Å². The van der Waals surface area contributed by atoms with Crippen LogP contribution in [-0.2, 0) is 0 Å². The molecule has 3 rings (SSSR count). The number of hydrogen-bond acceptors (Lipinski definition) is 3. The van der Waals surface area contributed by atoms with Crippen LogP contribution < -0.4 is 4.74 Å². The minimum absolute atomic E-state index is 0.650. The molecule has 0 fully saturated rings. The summed E-state index contributed by atoms with van der Waals surface area (Å²) in [5.74, 6) is 0.827. The largest absolute Gasteiger partial charge is 0.497 e. The van der Waals surface area contributed by atoms with Gasteiger partial charge < -0.3 is 4.74 Å². The van der Waals surface area contributed by atoms with Crippen molar-refractivity contribution >= 4 is 10.9 Å². The van der Waals surface area contributed by atoms with E-state index in [9.17, 15) is 0 Å². The fourth-order valence-corrected chi connectivity index (χ4v) is 2.12. The number of pyridine rings is 1. The van der Waals surface area contributed by atoms with E-state index in [1.165, 1.54) is 0 Å². The molecule has 0 aliphatic heterocycles. The van der Waals surface area contributed by atoms with Crippen molar-refractivity contribution in [3.05, 3.63) is 60.2 Å². The van der Waals surface area contributed by atoms with Crippen LogP contribution in [0.1, 0.15) is 5.56 Å². The summed E-state index contributed by atoms with van der Waals surface area (Å²) >= 11 is 0. The molecule has 3 aromatic rings. The first kappa shape index (κ1) is 12.2. The topological polar surface area (TPSA) is 45.9 Å². The highest BCUT2D eigenvalue weighted by atomic mass is 16.5. The molecule has 1 heterocycles. The van der Waals surface area contributed by atoms with Crippen LogP contribution >= 0.6 is 0 Å². The summed E-state index contributed by atoms with van der Waals surface area (Å²) in [7, 11) is 1.65. The Bertz CT molecular complexity index is 801. The van der Waals surface area contributed by atoms with E-state index < -0.39 is 0 Å². The summed E-state index contributed by atoms with van der Waals surface area (Å²) in [4.78, 5) is 4.63. The number of ether oxygens (including phenoxy) is 1. The van der Waals surface area contributed by atoms with E-state index in [-0.39, 0.29) is 0 Å². The number of aromatic nitrogens is 1. The smallest absolute Gasteiger partial charge is 0.118 e. The van der Waals surface area contributed by atoms with Gasteiger partial charge in [-0.2, -0.15) is 5.26 Å². The Balaban J connectivity index is 2.06. The Hall–Kier alpha value is -2.86. The quantitative estimate of drug-likeness (QED) is 0.704. The zero-order chi connectivity index (χ0) is 13.9. The SMILES string of the molecule is COc1ccc(-c2ccc3cc(C#N)ccc3n2)cc1. The molecule has 0 aliphatic rings. The number of benzene rings is 2. The first-order chi connectivity index (χ1) is 9.80. The van der Waals surface area contributed by atoms with Crippen molar-refractivity contribution in [3.8, 4) is 23.1 Å². The lowest BCUT2D eigenvalue weighted by Gasteiger charge is -2.05. The maximum atomic E-state index is 8.90. The molecular formula is C17H12N2O. The summed E-state index contributed by atoms with van der Waals surface area (Å²) in [5, 5.41) is 9.87. The maximum absolute atomic E-state index is 8.90. The van der Waals surface area contributed by atoms with Crippen LogP contribution in [0.2, 0.25) is 0 Å². The molecule has 0 saturated heterocycles. The fraction of sp³-hybridized carbons (Fsp3) is 0.0588. The Labute approximate surface area is 117 Å². The molecule has 3 heteroatoms. The number of methoxy groups -OCH3 is 1. The minimum atomic E-state index is 0.650. The van der Waals surface area contributed by atoms with E-state index in [1.807, 2.05) is 48.5 Å². The maximum Gasteiger partial charge on any atom is 0.118 e. The lowest BCUT2D eigenvalue weighted by Crippen LogP contribution is -1.87. The molecule has 0 radical (unpaired) electrons. The van der Waals surface area contributed by atoms with Crippen LogP contribution in [0.5, 0.6) is 5.75 Å². The first-order valence-electron chi connectivity index (χ1n) is 6.25. The Morgan fingerprint density at radius 1 is 1.00 bits per heavy atom. The van der Waals surface area contributed by atoms with Crippen molar-refractivity contribution in [2.75, 3.05) is 7.11 Å². The summed E-state index contributed by atoms with van der Waals surface area (Å²) in [6.07, 6.45) is 0. The molecule has 1 aromatic heterocycles. The van der Waals surface area contributed by atoms with Gasteiger partial charge in [-0.1, -0.05) is 6.07 Å². The van der Waals surface area contributed by atoms with Crippen LogP contribution in [0.25, 0.3) is 22.2 Å². The predicted molar refractivity (Wildman–Crippen MR) is 78.4 cm³/mol. The van der Waals surface area contributed by atoms with Crippen LogP contribution in [0.15, 0.2) is 54.6 Å². The van der Waals surface area contributed by atoms with Gasteiger partial charge in [0.1, 0.15) is 5.75 Å². The molecule has 3 nitrogen and oxygen atoms in total. The third kappa shape index (κ3) is 2.19. The van der Waals surface area contributed by atoms with Gasteiger partial charge in [0.25, 0.3) is 0 Å². The standard InChI is InChI=1S/C17H12N2O/c1-20-15-6-3-13(4-7-15)16-9-5-14-10-12(11-18)2-8-17(14)19-16/h2-10H,1H3. The van der Waals surface area contributed by atoms with E-state index in [2.05, 4.69) is 11.1 Å². The molecule has 0 saturated carbocycles. The molecule has 20 heavy (non-hydrogen) atoms. The third-order valence-electron chi connectivity index (χ3n) is 3.20. The van der Waals surface area contributed by atoms with E-state index in [4.69, 9.17) is 10.00 Å². The second-order valence-electron chi connectivity index (χ2n) is 4.44. The van der Waals surface area contributed by atoms with E-state index in [0.717, 1.165) is 27.9 Å². The third-order valence-corrected chi connectivity index (χ3v) is 3.20. The second kappa shape index (κ2) is 5.02. The molecule has 0 atom stereocenters. The van der Waals surface area contributed by atoms with Gasteiger partial charge in [0.05, 0.1) is 30.0 Å². The predicted octanol–water partition coefficient (Wildman–Crippen LogP) is 3.78. The average molecular weight is 260 g/mol. The van der Waals surface area contributed by atoms with Crippen LogP contribution in [-0.4, -0.2) is 12.1 Å². The summed E-state index contributed by atoms with van der Waals surface area (Å²) in [6.45, 7) is 0. The Morgan fingerprint density at radius 3 is 2.50 bits per heavy atom. The zero-order valence-corrected chi connectivity index (χ0v) is 11.0. The lowest BCUT2D eigenvalue weighted by atomic mass is 10.1. The summed E-state index contributed by atoms with van der Waals surface area (Å²) in [5.41, 5.74) is 3.48. The van der Waals surface area contributed by atoms with Crippen molar-refractivity contribution < 1.29 is 4.74 Å². The summed E-state index contributed by atoms with van der Waals surface area (Å²) in [6, 6.07) is 19.4. The van der Waals surface area contributed by atoms with Gasteiger partial charge >= 0.3 is 0 Å². The van der Waals surface area contributed by atoms with Crippen molar-refractivity contribution in [1.82, 2.24) is 4.98 Å². The molecule has 0 spiro atoms. The number of nitrogens with zero attached hydrogens (tertiary/aromatic N) is 2. The van der Waals surface area contributed by atoms with Crippen molar-refractivity contribution in [2.45, 2.75) is 0 Å². The number of nitriles is 1. The molecule has 0 N–H and O–H groups in total. The fourth-order valence-electron chi connectivity index (χ4n) is 2.12. The highest BCUT2D eigenvalue weighted by Crippen LogP contribution is 2.23. The Morgan fingerprint density at radius 2 is 1.80 bits per heavy atom. The zero-order valence-electron chi connectivity index (χ0n) is 11.0. The molecule has 0 aliphatic carbocycles. The van der Waals surface area contributed by atoms with Crippen molar-refractivity contribution in [2.24, 2.45) is 0 Å². The van der Waals surface area contributed by atoms with Gasteiger partial charge in [-0.25, -0.2) is 4.98 Å². The monoisotopic (exact) mass is 260 g/mol. The van der Waals surface area contributed by atoms with Gasteiger partial charge in [0.2, 0.25) is 0 Å². The molecule has 0 unspecified atom stereocenters. The number of rotatable bonds is 2. The average Bonchev–Trinajstić information content (AvgIpc) is 2.54. The van der Waals surface area contributed by atoms with E-state index >= 15 is 0 Å². The molecule has 0 amide bonds. The molecule has 2 aromatic carbocycles. The van der Waals surface area contributed by atoms with Gasteiger partial charge in [0, 0.05) is 10.9 Å². The highest BCUT2D eigenvalue weighted by Gasteiger charge is 2.03. The van der Waals surface area contributed by atoms with Gasteiger partial charge in [0.15, 0.2) is 0 Å². The second-order valence-corrected chi connectivity index (χ2v) is 4.44. The number of fused-ring (bicyclic) bond motifs is 1. The molecule has 0 bridgehead atoms. The van der Waals surface area contributed by atoms with E-state index in [0.29, 0.717) is 5.56 Å².